The first-order valence-electron chi connectivity index (χ1n) is 3.06. The summed E-state index contributed by atoms with van der Waals surface area (Å²) in [5, 5.41) is -0.235. The Balaban J connectivity index is 3.37. The van der Waals surface area contributed by atoms with Gasteiger partial charge < -0.3 is 5.73 Å². The summed E-state index contributed by atoms with van der Waals surface area (Å²) >= 11 is 8.26. The van der Waals surface area contributed by atoms with Gasteiger partial charge in [-0.15, -0.1) is 0 Å². The smallest absolute Gasteiger partial charge is 0.397 e. The average molecular weight is 273 g/mol. The molecule has 1 nitrogen and oxygen atoms in total. The lowest BCUT2D eigenvalue weighted by Gasteiger charge is -2.10. The van der Waals surface area contributed by atoms with Crippen LogP contribution < -0.4 is 5.73 Å². The van der Waals surface area contributed by atoms with Crippen LogP contribution in [0.3, 0.4) is 0 Å². The molecular weight excluding hydrogens is 270 g/mol. The zero-order valence-electron chi connectivity index (χ0n) is 6.04. The van der Waals surface area contributed by atoms with Gasteiger partial charge in [0, 0.05) is 10.5 Å². The zero-order valence-corrected chi connectivity index (χ0v) is 8.39. The molecule has 1 aromatic rings. The van der Waals surface area contributed by atoms with Gasteiger partial charge in [0.25, 0.3) is 0 Å². The summed E-state index contributed by atoms with van der Waals surface area (Å²) in [5.74, 6) is 0. The van der Waals surface area contributed by atoms with Crippen LogP contribution in [-0.4, -0.2) is 0 Å². The Morgan fingerprint density at radius 1 is 1.46 bits per heavy atom. The maximum Gasteiger partial charge on any atom is 0.418 e. The van der Waals surface area contributed by atoms with Gasteiger partial charge in [-0.05, 0) is 6.07 Å². The molecule has 0 aliphatic carbocycles. The van der Waals surface area contributed by atoms with Crippen molar-refractivity contribution in [3.05, 3.63) is 27.2 Å². The van der Waals surface area contributed by atoms with E-state index in [0.717, 1.165) is 6.07 Å². The Labute approximate surface area is 85.8 Å². The van der Waals surface area contributed by atoms with E-state index in [1.165, 1.54) is 0 Å². The molecule has 0 fully saturated rings. The normalized spacial score (nSPS) is 11.8. The minimum atomic E-state index is -4.49. The van der Waals surface area contributed by atoms with Crippen LogP contribution in [0.15, 0.2) is 10.5 Å². The highest BCUT2D eigenvalue weighted by Gasteiger charge is 2.34. The lowest BCUT2D eigenvalue weighted by atomic mass is 10.2. The predicted molar refractivity (Wildman–Crippen MR) is 47.4 cm³/mol. The Kier molecular flexibility index (Phi) is 2.77. The molecule has 0 atom stereocenters. The van der Waals surface area contributed by atoms with Gasteiger partial charge in [0.1, 0.15) is 0 Å². The largest absolute Gasteiger partial charge is 0.418 e. The van der Waals surface area contributed by atoms with Crippen molar-refractivity contribution in [1.82, 2.24) is 0 Å². The van der Waals surface area contributed by atoms with Crippen molar-refractivity contribution in [3.63, 3.8) is 0 Å². The summed E-state index contributed by atoms with van der Waals surface area (Å²) in [4.78, 5) is 0. The summed E-state index contributed by atoms with van der Waals surface area (Å²) in [6.45, 7) is 0. The fraction of sp³-hybridized carbons (Fsp3) is 0.143. The molecule has 0 aliphatic rings. The predicted octanol–water partition coefficient (Wildman–Crippen LogP) is 3.50. The molecular formula is C7H3BrClF3N. The van der Waals surface area contributed by atoms with E-state index in [2.05, 4.69) is 22.0 Å². The standard InChI is InChI=1S/C7H3BrClF3N/c8-3-1-4(7(10,11)12)6(13)5(9)2-3/h1H,13H2. The van der Waals surface area contributed by atoms with E-state index in [1.807, 2.05) is 0 Å². The van der Waals surface area contributed by atoms with Crippen molar-refractivity contribution in [3.8, 4) is 0 Å². The number of halogens is 5. The van der Waals surface area contributed by atoms with Gasteiger partial charge in [0.15, 0.2) is 0 Å². The summed E-state index contributed by atoms with van der Waals surface area (Å²) in [7, 11) is 0. The Hall–Kier alpha value is -0.420. The monoisotopic (exact) mass is 272 g/mol. The van der Waals surface area contributed by atoms with E-state index in [9.17, 15) is 13.2 Å². The SMILES string of the molecule is Nc1c(Cl)[c]c(Br)cc1C(F)(F)F. The first-order chi connectivity index (χ1) is 5.82. The Morgan fingerprint density at radius 2 is 2.00 bits per heavy atom. The highest BCUT2D eigenvalue weighted by atomic mass is 79.9. The lowest BCUT2D eigenvalue weighted by molar-refractivity contribution is -0.136. The van der Waals surface area contributed by atoms with Crippen LogP contribution >= 0.6 is 27.5 Å². The molecule has 0 aliphatic heterocycles. The maximum atomic E-state index is 12.2. The third kappa shape index (κ3) is 2.28. The number of rotatable bonds is 0. The van der Waals surface area contributed by atoms with E-state index in [-0.39, 0.29) is 9.50 Å². The molecule has 0 aromatic heterocycles. The summed E-state index contributed by atoms with van der Waals surface area (Å²) < 4.78 is 36.8. The van der Waals surface area contributed by atoms with E-state index in [4.69, 9.17) is 17.3 Å². The van der Waals surface area contributed by atoms with E-state index in [1.54, 1.807) is 0 Å². The number of anilines is 1. The van der Waals surface area contributed by atoms with Crippen LogP contribution in [0.1, 0.15) is 5.56 Å². The molecule has 0 saturated heterocycles. The lowest BCUT2D eigenvalue weighted by Crippen LogP contribution is -2.09. The fourth-order valence-electron chi connectivity index (χ4n) is 0.766. The molecule has 1 rings (SSSR count). The van der Waals surface area contributed by atoms with Crippen LogP contribution in [0.25, 0.3) is 0 Å². The number of hydrogen-bond acceptors (Lipinski definition) is 1. The highest BCUT2D eigenvalue weighted by Crippen LogP contribution is 2.38. The number of benzene rings is 1. The van der Waals surface area contributed by atoms with E-state index >= 15 is 0 Å². The molecule has 0 bridgehead atoms. The third-order valence-electron chi connectivity index (χ3n) is 1.33. The quantitative estimate of drug-likeness (QED) is 0.719. The summed E-state index contributed by atoms with van der Waals surface area (Å²) in [6.07, 6.45) is -4.49. The van der Waals surface area contributed by atoms with Gasteiger partial charge in [-0.1, -0.05) is 27.5 Å². The van der Waals surface area contributed by atoms with Crippen LogP contribution in [0.5, 0.6) is 0 Å². The molecule has 0 spiro atoms. The van der Waals surface area contributed by atoms with Gasteiger partial charge in [-0.3, -0.25) is 0 Å². The molecule has 0 amide bonds. The molecule has 0 unspecified atom stereocenters. The molecule has 2 N–H and O–H groups in total. The first kappa shape index (κ1) is 10.7. The summed E-state index contributed by atoms with van der Waals surface area (Å²) in [6, 6.07) is 3.24. The first-order valence-corrected chi connectivity index (χ1v) is 4.23. The van der Waals surface area contributed by atoms with Crippen molar-refractivity contribution >= 4 is 33.2 Å². The second-order valence-corrected chi connectivity index (χ2v) is 3.49. The van der Waals surface area contributed by atoms with Gasteiger partial charge in [-0.25, -0.2) is 0 Å². The molecule has 71 valence electrons. The number of nitrogen functional groups attached to an aromatic ring is 1. The zero-order chi connectivity index (χ0) is 10.2. The van der Waals surface area contributed by atoms with Crippen LogP contribution in [-0.2, 0) is 6.18 Å². The molecule has 13 heavy (non-hydrogen) atoms. The van der Waals surface area contributed by atoms with Crippen molar-refractivity contribution in [1.29, 1.82) is 0 Å². The van der Waals surface area contributed by atoms with Crippen molar-refractivity contribution in [2.75, 3.05) is 5.73 Å². The van der Waals surface area contributed by atoms with E-state index < -0.39 is 17.4 Å². The van der Waals surface area contributed by atoms with Crippen molar-refractivity contribution in [2.24, 2.45) is 0 Å². The molecule has 0 saturated carbocycles. The molecule has 1 radical (unpaired) electrons. The minimum absolute atomic E-state index is 0.124. The van der Waals surface area contributed by atoms with Crippen LogP contribution in [0.2, 0.25) is 5.02 Å². The van der Waals surface area contributed by atoms with Crippen molar-refractivity contribution in [2.45, 2.75) is 6.18 Å². The second-order valence-electron chi connectivity index (χ2n) is 2.26. The molecule has 0 heterocycles. The summed E-state index contributed by atoms with van der Waals surface area (Å²) in [5.41, 5.74) is 3.68. The Morgan fingerprint density at radius 3 is 2.46 bits per heavy atom. The van der Waals surface area contributed by atoms with Gasteiger partial charge in [0.05, 0.1) is 16.3 Å². The Bertz CT molecular complexity index is 337. The third-order valence-corrected chi connectivity index (χ3v) is 2.06. The average Bonchev–Trinajstić information content (AvgIpc) is 1.94. The van der Waals surface area contributed by atoms with Gasteiger partial charge in [-0.2, -0.15) is 13.2 Å². The van der Waals surface area contributed by atoms with Crippen molar-refractivity contribution < 1.29 is 13.2 Å². The number of hydrogen-bond donors (Lipinski definition) is 1. The topological polar surface area (TPSA) is 26.0 Å². The van der Waals surface area contributed by atoms with Crippen LogP contribution in [0, 0.1) is 6.07 Å². The number of alkyl halides is 3. The molecule has 1 aromatic carbocycles. The molecule has 6 heteroatoms. The van der Waals surface area contributed by atoms with Crippen LogP contribution in [0.4, 0.5) is 18.9 Å². The maximum absolute atomic E-state index is 12.2. The second kappa shape index (κ2) is 3.38. The van der Waals surface area contributed by atoms with E-state index in [0.29, 0.717) is 0 Å². The fourth-order valence-corrected chi connectivity index (χ4v) is 1.51. The minimum Gasteiger partial charge on any atom is -0.397 e. The number of nitrogens with two attached hydrogens (primary N) is 1. The highest BCUT2D eigenvalue weighted by molar-refractivity contribution is 9.10. The van der Waals surface area contributed by atoms with Gasteiger partial charge in [0.2, 0.25) is 0 Å². The van der Waals surface area contributed by atoms with Gasteiger partial charge >= 0.3 is 6.18 Å².